The molecule has 2 aromatic carbocycles. The van der Waals surface area contributed by atoms with Crippen LogP contribution in [0, 0.1) is 0 Å². The molecular formula is C25H28O5Si. The number of methoxy groups -OCH3 is 1. The fraction of sp³-hybridized carbons (Fsp3) is 0.360. The van der Waals surface area contributed by atoms with Crippen molar-refractivity contribution < 1.29 is 23.8 Å². The number of rotatable bonds is 5. The van der Waals surface area contributed by atoms with E-state index in [4.69, 9.17) is 14.2 Å². The van der Waals surface area contributed by atoms with Crippen LogP contribution in [0.15, 0.2) is 72.0 Å². The van der Waals surface area contributed by atoms with E-state index >= 15 is 0 Å². The van der Waals surface area contributed by atoms with E-state index in [1.54, 1.807) is 0 Å². The zero-order valence-corrected chi connectivity index (χ0v) is 19.2. The van der Waals surface area contributed by atoms with E-state index in [0.717, 1.165) is 12.8 Å². The van der Waals surface area contributed by atoms with E-state index in [1.807, 2.05) is 12.1 Å². The highest BCUT2D eigenvalue weighted by Crippen LogP contribution is 2.47. The van der Waals surface area contributed by atoms with E-state index in [2.05, 4.69) is 55.1 Å². The van der Waals surface area contributed by atoms with Gasteiger partial charge in [-0.25, -0.2) is 4.79 Å². The first-order valence-electron chi connectivity index (χ1n) is 10.7. The molecule has 2 atom stereocenters. The van der Waals surface area contributed by atoms with Crippen molar-refractivity contribution in [2.45, 2.75) is 50.5 Å². The van der Waals surface area contributed by atoms with Gasteiger partial charge in [-0.05, 0) is 19.3 Å². The second-order valence-electron chi connectivity index (χ2n) is 8.45. The minimum absolute atomic E-state index is 0.352. The Morgan fingerprint density at radius 1 is 1.03 bits per heavy atom. The maximum Gasteiger partial charge on any atom is 0.339 e. The molecule has 2 aliphatic heterocycles. The van der Waals surface area contributed by atoms with Gasteiger partial charge in [0.15, 0.2) is 0 Å². The van der Waals surface area contributed by atoms with E-state index < -0.39 is 31.3 Å². The smallest absolute Gasteiger partial charge is 0.339 e. The average Bonchev–Trinajstić information content (AvgIpc) is 2.79. The van der Waals surface area contributed by atoms with Gasteiger partial charge >= 0.3 is 11.9 Å². The van der Waals surface area contributed by atoms with Gasteiger partial charge in [0.05, 0.1) is 18.4 Å². The van der Waals surface area contributed by atoms with Crippen LogP contribution in [-0.4, -0.2) is 38.5 Å². The molecule has 2 aromatic rings. The Morgan fingerprint density at radius 2 is 1.61 bits per heavy atom. The molecule has 1 fully saturated rings. The summed E-state index contributed by atoms with van der Waals surface area (Å²) >= 11 is 0. The van der Waals surface area contributed by atoms with Gasteiger partial charge in [0.1, 0.15) is 19.4 Å². The Kier molecular flexibility index (Phi) is 5.86. The molecule has 0 amide bonds. The van der Waals surface area contributed by atoms with Crippen LogP contribution in [0.3, 0.4) is 0 Å². The molecule has 5 nitrogen and oxygen atoms in total. The van der Waals surface area contributed by atoms with E-state index in [-0.39, 0.29) is 0 Å². The zero-order chi connectivity index (χ0) is 22.1. The van der Waals surface area contributed by atoms with Crippen LogP contribution in [0.1, 0.15) is 32.6 Å². The summed E-state index contributed by atoms with van der Waals surface area (Å²) in [6.07, 6.45) is 2.41. The fourth-order valence-electron chi connectivity index (χ4n) is 5.23. The summed E-state index contributed by atoms with van der Waals surface area (Å²) in [5, 5.41) is 1.97. The quantitative estimate of drug-likeness (QED) is 0.532. The van der Waals surface area contributed by atoms with Gasteiger partial charge in [-0.15, -0.1) is 0 Å². The van der Waals surface area contributed by atoms with Crippen molar-refractivity contribution in [3.05, 3.63) is 72.0 Å². The molecule has 2 bridgehead atoms. The largest absolute Gasteiger partial charge is 0.465 e. The van der Waals surface area contributed by atoms with Crippen molar-refractivity contribution in [2.75, 3.05) is 7.11 Å². The second kappa shape index (κ2) is 8.44. The first kappa shape index (κ1) is 21.5. The third kappa shape index (κ3) is 3.64. The standard InChI is InChI=1S/C25H28O5Si/c1-18(26)29-22-17-25(16-10-15-21(30-25)23(22)24(27)28-2)31(3,19-11-6-4-7-12-19)20-13-8-5-9-14-20/h4-9,11-14,21H,10,15-17H2,1-3H3/t21-,25-/m1/s1. The highest BCUT2D eigenvalue weighted by atomic mass is 28.3. The van der Waals surface area contributed by atoms with E-state index in [1.165, 1.54) is 24.4 Å². The molecule has 0 aromatic heterocycles. The van der Waals surface area contributed by atoms with Gasteiger partial charge in [0.2, 0.25) is 0 Å². The van der Waals surface area contributed by atoms with Crippen molar-refractivity contribution in [2.24, 2.45) is 0 Å². The number of ether oxygens (including phenoxy) is 3. The summed E-state index contributed by atoms with van der Waals surface area (Å²) in [5.41, 5.74) is 0.352. The maximum atomic E-state index is 12.6. The van der Waals surface area contributed by atoms with Gasteiger partial charge in [-0.2, -0.15) is 0 Å². The Hall–Kier alpha value is -2.70. The third-order valence-corrected chi connectivity index (χ3v) is 12.1. The number of fused-ring (bicyclic) bond motifs is 2. The lowest BCUT2D eigenvalue weighted by Gasteiger charge is -2.54. The summed E-state index contributed by atoms with van der Waals surface area (Å²) in [6, 6.07) is 21.0. The number of carbonyl (C=O) groups excluding carboxylic acids is 2. The number of carbonyl (C=O) groups is 2. The minimum atomic E-state index is -2.51. The van der Waals surface area contributed by atoms with Crippen molar-refractivity contribution >= 4 is 30.4 Å². The molecule has 4 rings (SSSR count). The van der Waals surface area contributed by atoms with Gasteiger partial charge in [0, 0.05) is 13.3 Å². The number of hydrogen-bond donors (Lipinski definition) is 0. The van der Waals surface area contributed by atoms with Gasteiger partial charge in [0.25, 0.3) is 0 Å². The SMILES string of the molecule is COC(=O)C1=C(OC(C)=O)C[C@]2([Si](C)(c3ccccc3)c3ccccc3)CCC[C@H]1O2. The van der Waals surface area contributed by atoms with Gasteiger partial charge in [-0.3, -0.25) is 4.79 Å². The molecule has 1 saturated heterocycles. The normalized spacial score (nSPS) is 23.3. The predicted molar refractivity (Wildman–Crippen MR) is 121 cm³/mol. The second-order valence-corrected chi connectivity index (χ2v) is 12.8. The van der Waals surface area contributed by atoms with E-state index in [0.29, 0.717) is 24.2 Å². The lowest BCUT2D eigenvalue weighted by atomic mass is 9.89. The molecular weight excluding hydrogens is 408 g/mol. The van der Waals surface area contributed by atoms with E-state index in [9.17, 15) is 9.59 Å². The van der Waals surface area contributed by atoms with Crippen LogP contribution in [0.4, 0.5) is 0 Å². The van der Waals surface area contributed by atoms with Crippen molar-refractivity contribution in [1.29, 1.82) is 0 Å². The maximum absolute atomic E-state index is 12.6. The third-order valence-electron chi connectivity index (χ3n) is 6.77. The van der Waals surface area contributed by atoms with Gasteiger partial charge < -0.3 is 14.2 Å². The minimum Gasteiger partial charge on any atom is -0.465 e. The summed E-state index contributed by atoms with van der Waals surface area (Å²) < 4.78 is 17.5. The molecule has 2 aliphatic rings. The summed E-state index contributed by atoms with van der Waals surface area (Å²) in [4.78, 5) is 24.6. The molecule has 0 radical (unpaired) electrons. The Morgan fingerprint density at radius 3 is 2.13 bits per heavy atom. The lowest BCUT2D eigenvalue weighted by Crippen LogP contribution is -2.75. The molecule has 6 heteroatoms. The summed E-state index contributed by atoms with van der Waals surface area (Å²) in [7, 11) is -1.16. The number of benzene rings is 2. The van der Waals surface area contributed by atoms with Crippen molar-refractivity contribution in [3.8, 4) is 0 Å². The Bertz CT molecular complexity index is 962. The fourth-order valence-corrected chi connectivity index (χ4v) is 9.90. The summed E-state index contributed by atoms with van der Waals surface area (Å²) in [5.74, 6) is -0.519. The zero-order valence-electron chi connectivity index (χ0n) is 18.2. The highest BCUT2D eigenvalue weighted by Gasteiger charge is 2.59. The van der Waals surface area contributed by atoms with Crippen LogP contribution in [0.5, 0.6) is 0 Å². The first-order chi connectivity index (χ1) is 14.9. The average molecular weight is 437 g/mol. The molecule has 0 aliphatic carbocycles. The van der Waals surface area contributed by atoms with Crippen molar-refractivity contribution in [1.82, 2.24) is 0 Å². The molecule has 0 unspecified atom stereocenters. The van der Waals surface area contributed by atoms with Crippen LogP contribution >= 0.6 is 0 Å². The van der Waals surface area contributed by atoms with Crippen LogP contribution in [0.2, 0.25) is 6.55 Å². The predicted octanol–water partition coefficient (Wildman–Crippen LogP) is 3.12. The summed E-state index contributed by atoms with van der Waals surface area (Å²) in [6.45, 7) is 3.69. The number of esters is 2. The number of hydrogen-bond acceptors (Lipinski definition) is 5. The molecule has 162 valence electrons. The Labute approximate surface area is 184 Å². The van der Waals surface area contributed by atoms with Crippen LogP contribution < -0.4 is 10.4 Å². The monoisotopic (exact) mass is 436 g/mol. The molecule has 0 spiro atoms. The van der Waals surface area contributed by atoms with Crippen LogP contribution in [0.25, 0.3) is 0 Å². The molecule has 0 saturated carbocycles. The topological polar surface area (TPSA) is 61.8 Å². The van der Waals surface area contributed by atoms with Crippen molar-refractivity contribution in [3.63, 3.8) is 0 Å². The molecule has 0 N–H and O–H groups in total. The molecule has 31 heavy (non-hydrogen) atoms. The Balaban J connectivity index is 1.92. The first-order valence-corrected chi connectivity index (χ1v) is 13.2. The molecule has 2 heterocycles. The highest BCUT2D eigenvalue weighted by molar-refractivity contribution is 7.03. The van der Waals surface area contributed by atoms with Gasteiger partial charge in [-0.1, -0.05) is 77.6 Å². The van der Waals surface area contributed by atoms with Crippen LogP contribution in [-0.2, 0) is 23.8 Å². The lowest BCUT2D eigenvalue weighted by molar-refractivity contribution is -0.147.